The van der Waals surface area contributed by atoms with Gasteiger partial charge in [0.05, 0.1) is 0 Å². The first kappa shape index (κ1) is 22.6. The van der Waals surface area contributed by atoms with Crippen molar-refractivity contribution in [3.8, 4) is 0 Å². The molecule has 2 nitrogen and oxygen atoms in total. The standard InChI is InChI=1S/C26H38O2/c1-19(2)25(20(3)4,23-15-11-9-12-16-23)27-28-26(21(5)6,22(7)8)24-17-13-10-14-18-24/h9-22H,1-8H3. The molecule has 0 aliphatic heterocycles. The topological polar surface area (TPSA) is 18.5 Å². The Bertz CT molecular complexity index is 622. The van der Waals surface area contributed by atoms with Crippen LogP contribution in [0.4, 0.5) is 0 Å². The lowest BCUT2D eigenvalue weighted by atomic mass is 9.74. The van der Waals surface area contributed by atoms with E-state index in [1.165, 1.54) is 0 Å². The average Bonchev–Trinajstić information content (AvgIpc) is 2.65. The van der Waals surface area contributed by atoms with Crippen molar-refractivity contribution in [3.05, 3.63) is 71.8 Å². The fourth-order valence-corrected chi connectivity index (χ4v) is 4.68. The van der Waals surface area contributed by atoms with Crippen molar-refractivity contribution >= 4 is 0 Å². The smallest absolute Gasteiger partial charge is 0.133 e. The van der Waals surface area contributed by atoms with Gasteiger partial charge >= 0.3 is 0 Å². The maximum absolute atomic E-state index is 6.58. The number of rotatable bonds is 9. The zero-order chi connectivity index (χ0) is 20.9. The summed E-state index contributed by atoms with van der Waals surface area (Å²) in [5.74, 6) is 1.01. The summed E-state index contributed by atoms with van der Waals surface area (Å²) in [7, 11) is 0. The Kier molecular flexibility index (Phi) is 7.47. The fourth-order valence-electron chi connectivity index (χ4n) is 4.68. The average molecular weight is 383 g/mol. The van der Waals surface area contributed by atoms with Crippen LogP contribution in [0.1, 0.15) is 66.5 Å². The molecule has 0 aromatic heterocycles. The predicted molar refractivity (Wildman–Crippen MR) is 118 cm³/mol. The van der Waals surface area contributed by atoms with Crippen molar-refractivity contribution in [3.63, 3.8) is 0 Å². The van der Waals surface area contributed by atoms with Crippen LogP contribution in [0.5, 0.6) is 0 Å². The Morgan fingerprint density at radius 3 is 0.929 bits per heavy atom. The lowest BCUT2D eigenvalue weighted by Crippen LogP contribution is -2.47. The van der Waals surface area contributed by atoms with Crippen molar-refractivity contribution < 1.29 is 9.78 Å². The molecule has 0 aliphatic carbocycles. The molecule has 0 fully saturated rings. The maximum Gasteiger partial charge on any atom is 0.133 e. The fraction of sp³-hybridized carbons (Fsp3) is 0.538. The highest BCUT2D eigenvalue weighted by Crippen LogP contribution is 2.46. The van der Waals surface area contributed by atoms with Gasteiger partial charge in [0.1, 0.15) is 11.2 Å². The minimum absolute atomic E-state index is 0.252. The highest BCUT2D eigenvalue weighted by atomic mass is 17.2. The van der Waals surface area contributed by atoms with Crippen LogP contribution in [0.15, 0.2) is 60.7 Å². The molecule has 2 rings (SSSR count). The van der Waals surface area contributed by atoms with Crippen LogP contribution in [-0.2, 0) is 21.0 Å². The van der Waals surface area contributed by atoms with Crippen LogP contribution in [0, 0.1) is 23.7 Å². The van der Waals surface area contributed by atoms with E-state index in [0.717, 1.165) is 11.1 Å². The van der Waals surface area contributed by atoms with Crippen LogP contribution >= 0.6 is 0 Å². The molecule has 2 aromatic carbocycles. The molecule has 0 saturated heterocycles. The summed E-state index contributed by atoms with van der Waals surface area (Å²) < 4.78 is 0. The molecule has 0 aliphatic rings. The first-order chi connectivity index (χ1) is 13.2. The molecular weight excluding hydrogens is 344 g/mol. The SMILES string of the molecule is CC(C)C(OOC(c1ccccc1)(C(C)C)C(C)C)(c1ccccc1)C(C)C. The van der Waals surface area contributed by atoms with Gasteiger partial charge in [-0.05, 0) is 34.8 Å². The van der Waals surface area contributed by atoms with Crippen molar-refractivity contribution in [2.75, 3.05) is 0 Å². The first-order valence-corrected chi connectivity index (χ1v) is 10.7. The van der Waals surface area contributed by atoms with Crippen LogP contribution in [0.3, 0.4) is 0 Å². The van der Waals surface area contributed by atoms with Crippen molar-refractivity contribution in [2.45, 2.75) is 66.6 Å². The van der Waals surface area contributed by atoms with Gasteiger partial charge in [-0.2, -0.15) is 0 Å². The van der Waals surface area contributed by atoms with Gasteiger partial charge in [0.15, 0.2) is 0 Å². The summed E-state index contributed by atoms with van der Waals surface area (Å²) in [5.41, 5.74) is 1.28. The Morgan fingerprint density at radius 1 is 0.464 bits per heavy atom. The summed E-state index contributed by atoms with van der Waals surface area (Å²) in [4.78, 5) is 13.2. The van der Waals surface area contributed by atoms with Gasteiger partial charge in [0.2, 0.25) is 0 Å². The summed E-state index contributed by atoms with van der Waals surface area (Å²) in [6, 6.07) is 21.0. The second-order valence-corrected chi connectivity index (χ2v) is 9.10. The molecule has 0 atom stereocenters. The minimum Gasteiger partial charge on any atom is -0.224 e. The number of hydrogen-bond acceptors (Lipinski definition) is 2. The lowest BCUT2D eigenvalue weighted by molar-refractivity contribution is -0.455. The quantitative estimate of drug-likeness (QED) is 0.333. The maximum atomic E-state index is 6.58. The van der Waals surface area contributed by atoms with E-state index in [2.05, 4.69) is 104 Å². The van der Waals surface area contributed by atoms with Crippen LogP contribution in [-0.4, -0.2) is 0 Å². The largest absolute Gasteiger partial charge is 0.224 e. The Morgan fingerprint density at radius 2 is 0.714 bits per heavy atom. The molecule has 0 amide bonds. The highest BCUT2D eigenvalue weighted by Gasteiger charge is 2.47. The monoisotopic (exact) mass is 382 g/mol. The Balaban J connectivity index is 2.54. The summed E-state index contributed by atoms with van der Waals surface area (Å²) in [5, 5.41) is 0. The van der Waals surface area contributed by atoms with Crippen molar-refractivity contribution in [1.29, 1.82) is 0 Å². The zero-order valence-corrected chi connectivity index (χ0v) is 18.9. The van der Waals surface area contributed by atoms with Gasteiger partial charge in [-0.3, -0.25) is 0 Å². The van der Waals surface area contributed by atoms with Crippen molar-refractivity contribution in [2.24, 2.45) is 23.7 Å². The molecule has 0 radical (unpaired) electrons. The van der Waals surface area contributed by atoms with E-state index in [1.54, 1.807) is 0 Å². The number of hydrogen-bond donors (Lipinski definition) is 0. The summed E-state index contributed by atoms with van der Waals surface area (Å²) in [6.07, 6.45) is 0. The molecule has 0 heterocycles. The molecule has 0 N–H and O–H groups in total. The molecule has 2 heteroatoms. The molecule has 0 saturated carbocycles. The summed E-state index contributed by atoms with van der Waals surface area (Å²) in [6.45, 7) is 17.7. The lowest BCUT2D eigenvalue weighted by Gasteiger charge is -2.46. The van der Waals surface area contributed by atoms with Gasteiger partial charge < -0.3 is 0 Å². The third-order valence-corrected chi connectivity index (χ3v) is 6.20. The summed E-state index contributed by atoms with van der Waals surface area (Å²) >= 11 is 0. The van der Waals surface area contributed by atoms with E-state index in [4.69, 9.17) is 9.78 Å². The molecule has 0 spiro atoms. The second-order valence-electron chi connectivity index (χ2n) is 9.10. The van der Waals surface area contributed by atoms with E-state index in [0.29, 0.717) is 0 Å². The molecule has 154 valence electrons. The van der Waals surface area contributed by atoms with E-state index >= 15 is 0 Å². The van der Waals surface area contributed by atoms with Crippen LogP contribution < -0.4 is 0 Å². The third kappa shape index (κ3) is 4.04. The van der Waals surface area contributed by atoms with E-state index < -0.39 is 11.2 Å². The normalized spacial score (nSPS) is 13.1. The van der Waals surface area contributed by atoms with Crippen LogP contribution in [0.25, 0.3) is 0 Å². The Labute approximate surface area is 172 Å². The molecular formula is C26H38O2. The zero-order valence-electron chi connectivity index (χ0n) is 18.9. The number of benzene rings is 2. The van der Waals surface area contributed by atoms with Gasteiger partial charge in [-0.25, -0.2) is 9.78 Å². The van der Waals surface area contributed by atoms with E-state index in [9.17, 15) is 0 Å². The van der Waals surface area contributed by atoms with Gasteiger partial charge in [-0.15, -0.1) is 0 Å². The van der Waals surface area contributed by atoms with Crippen LogP contribution in [0.2, 0.25) is 0 Å². The first-order valence-electron chi connectivity index (χ1n) is 10.7. The van der Waals surface area contributed by atoms with E-state index in [1.807, 2.05) is 12.1 Å². The highest BCUT2D eigenvalue weighted by molar-refractivity contribution is 5.26. The van der Waals surface area contributed by atoms with Gasteiger partial charge in [0.25, 0.3) is 0 Å². The van der Waals surface area contributed by atoms with Gasteiger partial charge in [-0.1, -0.05) is 116 Å². The molecule has 0 unspecified atom stereocenters. The predicted octanol–water partition coefficient (Wildman–Crippen LogP) is 7.35. The molecule has 2 aromatic rings. The van der Waals surface area contributed by atoms with E-state index in [-0.39, 0.29) is 23.7 Å². The Hall–Kier alpha value is -1.64. The minimum atomic E-state index is -0.523. The van der Waals surface area contributed by atoms with Gasteiger partial charge in [0, 0.05) is 0 Å². The van der Waals surface area contributed by atoms with Crippen molar-refractivity contribution in [1.82, 2.24) is 0 Å². The third-order valence-electron chi connectivity index (χ3n) is 6.20. The molecule has 28 heavy (non-hydrogen) atoms. The molecule has 0 bridgehead atoms. The second kappa shape index (κ2) is 9.24.